The highest BCUT2D eigenvalue weighted by Crippen LogP contribution is 2.18. The molecule has 2 N–H and O–H groups in total. The fourth-order valence-electron chi connectivity index (χ4n) is 2.86. The van der Waals surface area contributed by atoms with Crippen LogP contribution in [0.3, 0.4) is 0 Å². The minimum atomic E-state index is -0.635. The van der Waals surface area contributed by atoms with E-state index in [-0.39, 0.29) is 11.4 Å². The Bertz CT molecular complexity index is 1270. The van der Waals surface area contributed by atoms with Crippen LogP contribution in [0.25, 0.3) is 6.08 Å². The second kappa shape index (κ2) is 11.0. The Kier molecular flexibility index (Phi) is 7.88. The molecule has 10 heteroatoms. The van der Waals surface area contributed by atoms with E-state index in [2.05, 4.69) is 31.3 Å². The van der Waals surface area contributed by atoms with Crippen molar-refractivity contribution >= 4 is 51.2 Å². The van der Waals surface area contributed by atoms with E-state index in [9.17, 15) is 24.5 Å². The zero-order valence-corrected chi connectivity index (χ0v) is 19.4. The topological polar surface area (TPSA) is 128 Å². The molecule has 0 saturated heterocycles. The van der Waals surface area contributed by atoms with Crippen LogP contribution in [0, 0.1) is 10.1 Å². The first-order chi connectivity index (χ1) is 16.3. The quantitative estimate of drug-likeness (QED) is 0.202. The lowest BCUT2D eigenvalue weighted by Gasteiger charge is -2.12. The van der Waals surface area contributed by atoms with Crippen molar-refractivity contribution in [2.45, 2.75) is 0 Å². The predicted molar refractivity (Wildman–Crippen MR) is 129 cm³/mol. The smallest absolute Gasteiger partial charge is 0.337 e. The minimum Gasteiger partial charge on any atom is -0.465 e. The number of carbonyl (C=O) groups excluding carboxylic acids is 3. The van der Waals surface area contributed by atoms with Crippen LogP contribution in [0.15, 0.2) is 83.0 Å². The van der Waals surface area contributed by atoms with Crippen molar-refractivity contribution in [2.24, 2.45) is 0 Å². The number of nitro groups is 1. The SMILES string of the molecule is COC(=O)c1ccc(NC(=O)C(=Cc2ccc([N+](=O)[O-])cc2)NC(=O)c2ccccc2Br)cc1. The number of esters is 1. The summed E-state index contributed by atoms with van der Waals surface area (Å²) in [7, 11) is 1.26. The third kappa shape index (κ3) is 6.14. The van der Waals surface area contributed by atoms with Crippen LogP contribution in [-0.2, 0) is 9.53 Å². The van der Waals surface area contributed by atoms with Gasteiger partial charge in [-0.1, -0.05) is 12.1 Å². The van der Waals surface area contributed by atoms with Crippen molar-refractivity contribution in [3.63, 3.8) is 0 Å². The first-order valence-corrected chi connectivity index (χ1v) is 10.6. The van der Waals surface area contributed by atoms with Gasteiger partial charge in [-0.2, -0.15) is 0 Å². The summed E-state index contributed by atoms with van der Waals surface area (Å²) >= 11 is 3.31. The van der Waals surface area contributed by atoms with Crippen LogP contribution >= 0.6 is 15.9 Å². The maximum Gasteiger partial charge on any atom is 0.337 e. The summed E-state index contributed by atoms with van der Waals surface area (Å²) in [5, 5.41) is 16.1. The molecule has 0 aromatic heterocycles. The number of carbonyl (C=O) groups is 3. The molecule has 0 atom stereocenters. The summed E-state index contributed by atoms with van der Waals surface area (Å²) in [5.41, 5.74) is 1.26. The average Bonchev–Trinajstić information content (AvgIpc) is 2.84. The first-order valence-electron chi connectivity index (χ1n) is 9.80. The Morgan fingerprint density at radius 1 is 0.971 bits per heavy atom. The van der Waals surface area contributed by atoms with Gasteiger partial charge in [0.2, 0.25) is 0 Å². The Labute approximate surface area is 202 Å². The Balaban J connectivity index is 1.89. The van der Waals surface area contributed by atoms with Gasteiger partial charge in [-0.3, -0.25) is 19.7 Å². The van der Waals surface area contributed by atoms with Crippen molar-refractivity contribution in [1.82, 2.24) is 5.32 Å². The summed E-state index contributed by atoms with van der Waals surface area (Å²) in [6, 6.07) is 18.2. The van der Waals surface area contributed by atoms with Gasteiger partial charge in [0.25, 0.3) is 17.5 Å². The van der Waals surface area contributed by atoms with Crippen LogP contribution in [0.5, 0.6) is 0 Å². The van der Waals surface area contributed by atoms with Crippen molar-refractivity contribution in [3.05, 3.63) is 110 Å². The molecular formula is C24H18BrN3O6. The van der Waals surface area contributed by atoms with Crippen LogP contribution in [-0.4, -0.2) is 29.8 Å². The Morgan fingerprint density at radius 3 is 2.21 bits per heavy atom. The van der Waals surface area contributed by atoms with Crippen molar-refractivity contribution in [2.75, 3.05) is 12.4 Å². The second-order valence-corrected chi connectivity index (χ2v) is 7.72. The summed E-state index contributed by atoms with van der Waals surface area (Å²) < 4.78 is 5.19. The van der Waals surface area contributed by atoms with E-state index >= 15 is 0 Å². The molecule has 2 amide bonds. The molecular weight excluding hydrogens is 506 g/mol. The van der Waals surface area contributed by atoms with E-state index in [4.69, 9.17) is 0 Å². The number of anilines is 1. The highest BCUT2D eigenvalue weighted by atomic mass is 79.9. The standard InChI is InChI=1S/C24H18BrN3O6/c1-34-24(31)16-8-10-17(11-9-16)26-23(30)21(14-15-6-12-18(13-7-15)28(32)33)27-22(29)19-4-2-3-5-20(19)25/h2-14H,1H3,(H,26,30)(H,27,29). The van der Waals surface area contributed by atoms with Gasteiger partial charge in [-0.05, 0) is 76.1 Å². The molecule has 3 rings (SSSR count). The number of ether oxygens (including phenoxy) is 1. The number of nitrogens with zero attached hydrogens (tertiary/aromatic N) is 1. The molecule has 3 aromatic carbocycles. The monoisotopic (exact) mass is 523 g/mol. The fraction of sp³-hybridized carbons (Fsp3) is 0.0417. The van der Waals surface area contributed by atoms with Crippen LogP contribution in [0.4, 0.5) is 11.4 Å². The molecule has 0 aliphatic carbocycles. The zero-order chi connectivity index (χ0) is 24.7. The van der Waals surface area contributed by atoms with Gasteiger partial charge in [0.05, 0.1) is 23.2 Å². The molecule has 0 fully saturated rings. The van der Waals surface area contributed by atoms with E-state index in [1.54, 1.807) is 24.3 Å². The van der Waals surface area contributed by atoms with Gasteiger partial charge in [-0.15, -0.1) is 0 Å². The number of halogens is 1. The van der Waals surface area contributed by atoms with Crippen molar-refractivity contribution < 1.29 is 24.0 Å². The summed E-state index contributed by atoms with van der Waals surface area (Å²) in [5.74, 6) is -1.68. The summed E-state index contributed by atoms with van der Waals surface area (Å²) in [6.45, 7) is 0. The molecule has 0 bridgehead atoms. The number of amides is 2. The maximum absolute atomic E-state index is 13.0. The number of benzene rings is 3. The number of nitro benzene ring substituents is 1. The predicted octanol–water partition coefficient (Wildman–Crippen LogP) is 4.55. The Morgan fingerprint density at radius 2 is 1.62 bits per heavy atom. The molecule has 0 aliphatic heterocycles. The number of non-ortho nitro benzene ring substituents is 1. The average molecular weight is 524 g/mol. The maximum atomic E-state index is 13.0. The minimum absolute atomic E-state index is 0.0911. The fourth-order valence-corrected chi connectivity index (χ4v) is 3.32. The van der Waals surface area contributed by atoms with E-state index < -0.39 is 22.7 Å². The number of rotatable bonds is 7. The third-order valence-electron chi connectivity index (χ3n) is 4.59. The normalized spacial score (nSPS) is 10.8. The van der Waals surface area contributed by atoms with Crippen molar-refractivity contribution in [3.8, 4) is 0 Å². The van der Waals surface area contributed by atoms with Gasteiger partial charge in [0.15, 0.2) is 0 Å². The lowest BCUT2D eigenvalue weighted by molar-refractivity contribution is -0.384. The van der Waals surface area contributed by atoms with E-state index in [0.717, 1.165) is 0 Å². The van der Waals surface area contributed by atoms with Gasteiger partial charge in [0.1, 0.15) is 5.70 Å². The van der Waals surface area contributed by atoms with E-state index in [0.29, 0.717) is 26.9 Å². The molecule has 0 radical (unpaired) electrons. The first kappa shape index (κ1) is 24.3. The van der Waals surface area contributed by atoms with E-state index in [1.165, 1.54) is 61.7 Å². The highest BCUT2D eigenvalue weighted by molar-refractivity contribution is 9.10. The van der Waals surface area contributed by atoms with Crippen molar-refractivity contribution in [1.29, 1.82) is 0 Å². The number of hydrogen-bond acceptors (Lipinski definition) is 6. The number of nitrogens with one attached hydrogen (secondary N) is 2. The van der Waals surface area contributed by atoms with E-state index in [1.807, 2.05) is 0 Å². The molecule has 0 saturated carbocycles. The molecule has 0 aliphatic rings. The molecule has 0 spiro atoms. The van der Waals surface area contributed by atoms with Crippen LogP contribution in [0.2, 0.25) is 0 Å². The molecule has 0 heterocycles. The molecule has 172 valence electrons. The van der Waals surface area contributed by atoms with Gasteiger partial charge < -0.3 is 15.4 Å². The molecule has 3 aromatic rings. The lowest BCUT2D eigenvalue weighted by atomic mass is 10.1. The van der Waals surface area contributed by atoms with Gasteiger partial charge in [-0.25, -0.2) is 4.79 Å². The number of hydrogen-bond donors (Lipinski definition) is 2. The van der Waals surface area contributed by atoms with Crippen LogP contribution < -0.4 is 10.6 Å². The number of methoxy groups -OCH3 is 1. The largest absolute Gasteiger partial charge is 0.465 e. The third-order valence-corrected chi connectivity index (χ3v) is 5.28. The van der Waals surface area contributed by atoms with Gasteiger partial charge in [0, 0.05) is 22.3 Å². The lowest BCUT2D eigenvalue weighted by Crippen LogP contribution is -2.31. The molecule has 0 unspecified atom stereocenters. The van der Waals surface area contributed by atoms with Crippen LogP contribution in [0.1, 0.15) is 26.3 Å². The highest BCUT2D eigenvalue weighted by Gasteiger charge is 2.17. The molecule has 34 heavy (non-hydrogen) atoms. The van der Waals surface area contributed by atoms with Gasteiger partial charge >= 0.3 is 5.97 Å². The molecule has 9 nitrogen and oxygen atoms in total. The second-order valence-electron chi connectivity index (χ2n) is 6.86. The summed E-state index contributed by atoms with van der Waals surface area (Å²) in [4.78, 5) is 47.8. The Hall–Kier alpha value is -4.31. The zero-order valence-electron chi connectivity index (χ0n) is 17.8. The summed E-state index contributed by atoms with van der Waals surface area (Å²) in [6.07, 6.45) is 1.40.